The first-order valence-corrected chi connectivity index (χ1v) is 1.85. The van der Waals surface area contributed by atoms with Gasteiger partial charge in [0.05, 0.1) is 0 Å². The summed E-state index contributed by atoms with van der Waals surface area (Å²) in [5, 5.41) is 0. The molecule has 1 rings (SSSR count). The summed E-state index contributed by atoms with van der Waals surface area (Å²) >= 11 is 0. The summed E-state index contributed by atoms with van der Waals surface area (Å²) in [7, 11) is 0. The summed E-state index contributed by atoms with van der Waals surface area (Å²) in [5.41, 5.74) is 0. The van der Waals surface area contributed by atoms with Gasteiger partial charge in [-0.25, -0.2) is 0 Å². The van der Waals surface area contributed by atoms with Gasteiger partial charge in [0.1, 0.15) is 0 Å². The van der Waals surface area contributed by atoms with E-state index in [1.54, 1.807) is 12.4 Å². The Kier molecular flexibility index (Phi) is 127. The second-order valence-electron chi connectivity index (χ2n) is 1.02. The van der Waals surface area contributed by atoms with E-state index in [-0.39, 0.29) is 112 Å². The predicted molar refractivity (Wildman–Crippen MR) is 97.3 cm³/mol. The first-order chi connectivity index (χ1) is 3.00. The number of rotatable bonds is 0. The van der Waals surface area contributed by atoms with E-state index in [4.69, 9.17) is 0 Å². The van der Waals surface area contributed by atoms with Crippen LogP contribution in [0, 0.1) is 0 Å². The highest BCUT2D eigenvalue weighted by Gasteiger charge is 1.58. The zero-order valence-corrected chi connectivity index (χ0v) is 18.2. The van der Waals surface area contributed by atoms with E-state index < -0.39 is 0 Å². The Morgan fingerprint density at radius 2 is 0.846 bits per heavy atom. The zero-order chi connectivity index (χ0) is 4.24. The third-order valence-corrected chi connectivity index (χ3v) is 0.566. The van der Waals surface area contributed by atoms with Crippen molar-refractivity contribution in [2.75, 3.05) is 0 Å². The molecular formula is C5H14Br6NP. The number of hydrogen-bond acceptors (Lipinski definition) is 1. The number of hydrogen-bond donors (Lipinski definition) is 0. The molecule has 1 atom stereocenters. The lowest BCUT2D eigenvalue weighted by molar-refractivity contribution is 1.33. The average Bonchev–Trinajstić information content (AvgIpc) is 1.72. The van der Waals surface area contributed by atoms with E-state index in [1.165, 1.54) is 0 Å². The van der Waals surface area contributed by atoms with E-state index in [9.17, 15) is 0 Å². The zero-order valence-electron chi connectivity index (χ0n) is 6.49. The molecule has 0 aliphatic carbocycles. The van der Waals surface area contributed by atoms with Crippen molar-refractivity contribution in [2.45, 2.75) is 0 Å². The maximum Gasteiger partial charge on any atom is 0.0267 e. The van der Waals surface area contributed by atoms with Crippen LogP contribution in [0.1, 0.15) is 0 Å². The largest absolute Gasteiger partial charge is 0.265 e. The lowest BCUT2D eigenvalue weighted by Gasteiger charge is -1.70. The molecule has 0 N–H and O–H groups in total. The summed E-state index contributed by atoms with van der Waals surface area (Å²) in [6, 6.07) is 5.72. The van der Waals surface area contributed by atoms with Crippen LogP contribution >= 0.6 is 112 Å². The number of pyridine rings is 1. The molecular weight excluding hydrogens is 584 g/mol. The maximum absolute atomic E-state index is 3.78. The summed E-state index contributed by atoms with van der Waals surface area (Å²) in [6.45, 7) is 0. The van der Waals surface area contributed by atoms with Gasteiger partial charge < -0.3 is 0 Å². The van der Waals surface area contributed by atoms with Crippen LogP contribution in [0.4, 0.5) is 0 Å². The molecule has 13 heavy (non-hydrogen) atoms. The van der Waals surface area contributed by atoms with Gasteiger partial charge in [-0.15, -0.1) is 102 Å². The van der Waals surface area contributed by atoms with Crippen molar-refractivity contribution in [3.63, 3.8) is 0 Å². The highest BCUT2D eigenvalue weighted by molar-refractivity contribution is 8.93. The molecule has 0 spiro atoms. The molecule has 0 bridgehead atoms. The van der Waals surface area contributed by atoms with Crippen molar-refractivity contribution in [3.8, 4) is 0 Å². The molecule has 8 heteroatoms. The molecule has 1 unspecified atom stereocenters. The van der Waals surface area contributed by atoms with E-state index in [0.29, 0.717) is 0 Å². The van der Waals surface area contributed by atoms with Gasteiger partial charge in [-0.3, -0.25) is 4.98 Å². The minimum absolute atomic E-state index is 0. The molecule has 0 saturated carbocycles. The minimum atomic E-state index is 0. The van der Waals surface area contributed by atoms with Crippen LogP contribution in [-0.4, -0.2) is 4.98 Å². The van der Waals surface area contributed by atoms with Crippen molar-refractivity contribution in [1.29, 1.82) is 0 Å². The number of halogens is 6. The monoisotopic (exact) mass is 593 g/mol. The molecule has 0 amide bonds. The molecule has 0 radical (unpaired) electrons. The summed E-state index contributed by atoms with van der Waals surface area (Å²) in [4.78, 5) is 3.78. The van der Waals surface area contributed by atoms with Crippen LogP contribution < -0.4 is 0 Å². The van der Waals surface area contributed by atoms with Crippen LogP contribution in [-0.2, 0) is 0 Å². The van der Waals surface area contributed by atoms with Crippen LogP contribution in [0.5, 0.6) is 0 Å². The first kappa shape index (κ1) is 45.2. The summed E-state index contributed by atoms with van der Waals surface area (Å²) in [6.07, 6.45) is 3.50. The topological polar surface area (TPSA) is 12.9 Å². The van der Waals surface area contributed by atoms with Gasteiger partial charge in [0.2, 0.25) is 0 Å². The third-order valence-electron chi connectivity index (χ3n) is 0.566. The van der Waals surface area contributed by atoms with E-state index in [1.807, 2.05) is 18.2 Å². The first-order valence-electron chi connectivity index (χ1n) is 1.85. The van der Waals surface area contributed by atoms with Gasteiger partial charge >= 0.3 is 0 Å². The fourth-order valence-electron chi connectivity index (χ4n) is 0.313. The highest BCUT2D eigenvalue weighted by Crippen LogP contribution is 1.73. The lowest BCUT2D eigenvalue weighted by Crippen LogP contribution is -1.58. The summed E-state index contributed by atoms with van der Waals surface area (Å²) < 4.78 is 0. The van der Waals surface area contributed by atoms with Gasteiger partial charge in [-0.05, 0) is 12.1 Å². The second kappa shape index (κ2) is 36.6. The van der Waals surface area contributed by atoms with Crippen LogP contribution in [0.3, 0.4) is 0 Å². The lowest BCUT2D eigenvalue weighted by atomic mass is 10.5. The van der Waals surface area contributed by atoms with Gasteiger partial charge in [-0.2, -0.15) is 9.90 Å². The highest BCUT2D eigenvalue weighted by atomic mass is 79.9. The van der Waals surface area contributed by atoms with Crippen molar-refractivity contribution >= 4 is 112 Å². The van der Waals surface area contributed by atoms with E-state index in [2.05, 4.69) is 4.98 Å². The standard InChI is InChI=1S/C5H5N.6BrH.H3P/c1-2-4-6-5-3-1;;;;;;;/h1-5H;6*1H;1H3. The molecule has 0 aliphatic heterocycles. The molecule has 1 nitrogen and oxygen atoms in total. The molecule has 86 valence electrons. The minimum Gasteiger partial charge on any atom is -0.265 e. The fourth-order valence-corrected chi connectivity index (χ4v) is 0.313. The normalized spacial score (nSPS) is 3.69. The van der Waals surface area contributed by atoms with Gasteiger partial charge in [0.25, 0.3) is 0 Å². The maximum atomic E-state index is 3.78. The van der Waals surface area contributed by atoms with Crippen molar-refractivity contribution in [3.05, 3.63) is 30.6 Å². The van der Waals surface area contributed by atoms with Gasteiger partial charge in [-0.1, -0.05) is 6.07 Å². The Balaban J connectivity index is -0.0000000103. The van der Waals surface area contributed by atoms with Crippen molar-refractivity contribution < 1.29 is 0 Å². The Hall–Kier alpha value is 2.46. The average molecular weight is 599 g/mol. The van der Waals surface area contributed by atoms with E-state index in [0.717, 1.165) is 0 Å². The number of aromatic nitrogens is 1. The number of nitrogens with zero attached hydrogens (tertiary/aromatic N) is 1. The van der Waals surface area contributed by atoms with Gasteiger partial charge in [0.15, 0.2) is 0 Å². The molecule has 1 aromatic rings. The molecule has 0 fully saturated rings. The molecule has 1 heterocycles. The van der Waals surface area contributed by atoms with Crippen LogP contribution in [0.25, 0.3) is 0 Å². The fraction of sp³-hybridized carbons (Fsp3) is 0. The van der Waals surface area contributed by atoms with Gasteiger partial charge in [0, 0.05) is 12.4 Å². The summed E-state index contributed by atoms with van der Waals surface area (Å²) in [5.74, 6) is 0. The van der Waals surface area contributed by atoms with Crippen LogP contribution in [0.15, 0.2) is 30.6 Å². The van der Waals surface area contributed by atoms with E-state index >= 15 is 0 Å². The Morgan fingerprint density at radius 1 is 0.538 bits per heavy atom. The smallest absolute Gasteiger partial charge is 0.0267 e. The predicted octanol–water partition coefficient (Wildman–Crippen LogP) is 4.61. The molecule has 0 saturated heterocycles. The van der Waals surface area contributed by atoms with Crippen molar-refractivity contribution in [2.24, 2.45) is 0 Å². The third kappa shape index (κ3) is 31.4. The second-order valence-corrected chi connectivity index (χ2v) is 1.02. The SMILES string of the molecule is Br.Br.Br.Br.Br.Br.P.c1ccncc1. The van der Waals surface area contributed by atoms with Crippen molar-refractivity contribution in [1.82, 2.24) is 4.98 Å². The molecule has 0 aliphatic rings. The Labute approximate surface area is 145 Å². The quantitative estimate of drug-likeness (QED) is 0.398. The molecule has 1 aromatic heterocycles. The van der Waals surface area contributed by atoms with Crippen LogP contribution in [0.2, 0.25) is 0 Å². The Morgan fingerprint density at radius 3 is 0.923 bits per heavy atom. The molecule has 0 aromatic carbocycles. The Bertz CT molecular complexity index is 92.9.